The molecular formula is C18H25NO4. The predicted molar refractivity (Wildman–Crippen MR) is 87.7 cm³/mol. The number of carbonyl (C=O) groups excluding carboxylic acids is 1. The van der Waals surface area contributed by atoms with E-state index in [0.29, 0.717) is 12.5 Å². The first-order valence-corrected chi connectivity index (χ1v) is 8.03. The average molecular weight is 319 g/mol. The van der Waals surface area contributed by atoms with Gasteiger partial charge in [-0.05, 0) is 55.9 Å². The number of rotatable bonds is 5. The van der Waals surface area contributed by atoms with Crippen LogP contribution in [-0.4, -0.2) is 48.2 Å². The van der Waals surface area contributed by atoms with Crippen molar-refractivity contribution in [1.29, 1.82) is 0 Å². The summed E-state index contributed by atoms with van der Waals surface area (Å²) in [5, 5.41) is 9.00. The molecule has 0 heterocycles. The zero-order chi connectivity index (χ0) is 17.0. The standard InChI is InChI=1S/C18H25NO4/c1-12-10-14(18(21)22)5-4-13(12)11-17(20)19(2)15-6-8-16(23-3)9-7-15/h4-5,10,15-16H,6-9,11H2,1-3H3,(H,21,22). The Morgan fingerprint density at radius 1 is 1.26 bits per heavy atom. The van der Waals surface area contributed by atoms with Gasteiger partial charge in [-0.2, -0.15) is 0 Å². The first kappa shape index (κ1) is 17.5. The Balaban J connectivity index is 1.97. The lowest BCUT2D eigenvalue weighted by Gasteiger charge is -2.34. The highest BCUT2D eigenvalue weighted by molar-refractivity contribution is 5.88. The Morgan fingerprint density at radius 3 is 2.43 bits per heavy atom. The van der Waals surface area contributed by atoms with Gasteiger partial charge in [0.05, 0.1) is 18.1 Å². The van der Waals surface area contributed by atoms with E-state index in [1.807, 2.05) is 18.9 Å². The zero-order valence-electron chi connectivity index (χ0n) is 14.0. The molecule has 0 saturated heterocycles. The van der Waals surface area contributed by atoms with Crippen molar-refractivity contribution in [3.63, 3.8) is 0 Å². The summed E-state index contributed by atoms with van der Waals surface area (Å²) in [7, 11) is 3.60. The smallest absolute Gasteiger partial charge is 0.335 e. The zero-order valence-corrected chi connectivity index (χ0v) is 14.0. The highest BCUT2D eigenvalue weighted by Crippen LogP contribution is 2.24. The van der Waals surface area contributed by atoms with Gasteiger partial charge in [0.15, 0.2) is 0 Å². The Hall–Kier alpha value is -1.88. The minimum absolute atomic E-state index is 0.0806. The molecule has 1 aliphatic carbocycles. The molecule has 1 amide bonds. The Morgan fingerprint density at radius 2 is 1.91 bits per heavy atom. The number of likely N-dealkylation sites (N-methyl/N-ethyl adjacent to an activating group) is 1. The number of benzene rings is 1. The number of aryl methyl sites for hydroxylation is 1. The van der Waals surface area contributed by atoms with Crippen molar-refractivity contribution in [3.05, 3.63) is 34.9 Å². The molecule has 126 valence electrons. The van der Waals surface area contributed by atoms with Crippen molar-refractivity contribution >= 4 is 11.9 Å². The quantitative estimate of drug-likeness (QED) is 0.906. The second-order valence-electron chi connectivity index (χ2n) is 6.29. The maximum absolute atomic E-state index is 12.5. The van der Waals surface area contributed by atoms with Crippen LogP contribution in [0.15, 0.2) is 18.2 Å². The van der Waals surface area contributed by atoms with Gasteiger partial charge in [0, 0.05) is 20.2 Å². The van der Waals surface area contributed by atoms with Crippen LogP contribution < -0.4 is 0 Å². The molecule has 5 heteroatoms. The van der Waals surface area contributed by atoms with Crippen LogP contribution in [0.3, 0.4) is 0 Å². The number of hydrogen-bond donors (Lipinski definition) is 1. The molecule has 1 aliphatic rings. The molecular weight excluding hydrogens is 294 g/mol. The van der Waals surface area contributed by atoms with Gasteiger partial charge in [-0.3, -0.25) is 4.79 Å². The molecule has 0 aromatic heterocycles. The fourth-order valence-corrected chi connectivity index (χ4v) is 3.19. The van der Waals surface area contributed by atoms with Gasteiger partial charge in [-0.15, -0.1) is 0 Å². The Labute approximate surface area is 137 Å². The first-order chi connectivity index (χ1) is 10.9. The summed E-state index contributed by atoms with van der Waals surface area (Å²) in [6.45, 7) is 1.85. The fraction of sp³-hybridized carbons (Fsp3) is 0.556. The van der Waals surface area contributed by atoms with Crippen LogP contribution >= 0.6 is 0 Å². The summed E-state index contributed by atoms with van der Waals surface area (Å²) in [6.07, 6.45) is 4.55. The topological polar surface area (TPSA) is 66.8 Å². The van der Waals surface area contributed by atoms with Gasteiger partial charge in [0.2, 0.25) is 5.91 Å². The third-order valence-electron chi connectivity index (χ3n) is 4.85. The van der Waals surface area contributed by atoms with Crippen molar-refractivity contribution in [1.82, 2.24) is 4.90 Å². The van der Waals surface area contributed by atoms with Gasteiger partial charge in [0.1, 0.15) is 0 Å². The number of carboxylic acids is 1. The van der Waals surface area contributed by atoms with Crippen LogP contribution in [0.2, 0.25) is 0 Å². The molecule has 0 spiro atoms. The number of hydrogen-bond acceptors (Lipinski definition) is 3. The van der Waals surface area contributed by atoms with Gasteiger partial charge >= 0.3 is 5.97 Å². The van der Waals surface area contributed by atoms with Crippen molar-refractivity contribution in [2.45, 2.75) is 51.2 Å². The molecule has 5 nitrogen and oxygen atoms in total. The second-order valence-corrected chi connectivity index (χ2v) is 6.29. The van der Waals surface area contributed by atoms with E-state index in [1.165, 1.54) is 0 Å². The molecule has 1 aromatic carbocycles. The average Bonchev–Trinajstić information content (AvgIpc) is 2.55. The molecule has 2 rings (SSSR count). The summed E-state index contributed by atoms with van der Waals surface area (Å²) < 4.78 is 5.37. The van der Waals surface area contributed by atoms with E-state index in [0.717, 1.165) is 36.8 Å². The van der Waals surface area contributed by atoms with Gasteiger partial charge in [0.25, 0.3) is 0 Å². The lowest BCUT2D eigenvalue weighted by Crippen LogP contribution is -2.41. The first-order valence-electron chi connectivity index (χ1n) is 8.03. The molecule has 0 unspecified atom stereocenters. The highest BCUT2D eigenvalue weighted by atomic mass is 16.5. The van der Waals surface area contributed by atoms with E-state index in [2.05, 4.69) is 0 Å². The number of amides is 1. The normalized spacial score (nSPS) is 21.0. The van der Waals surface area contributed by atoms with E-state index in [1.54, 1.807) is 25.3 Å². The van der Waals surface area contributed by atoms with Crippen molar-refractivity contribution in [2.75, 3.05) is 14.2 Å². The largest absolute Gasteiger partial charge is 0.478 e. The van der Waals surface area contributed by atoms with Gasteiger partial charge in [-0.25, -0.2) is 4.79 Å². The Kier molecular flexibility index (Phi) is 5.77. The monoisotopic (exact) mass is 319 g/mol. The van der Waals surface area contributed by atoms with E-state index in [4.69, 9.17) is 9.84 Å². The molecule has 0 radical (unpaired) electrons. The summed E-state index contributed by atoms with van der Waals surface area (Å²) in [6, 6.07) is 5.19. The number of ether oxygens (including phenoxy) is 1. The molecule has 23 heavy (non-hydrogen) atoms. The number of aromatic carboxylic acids is 1. The molecule has 0 aliphatic heterocycles. The van der Waals surface area contributed by atoms with Gasteiger partial charge < -0.3 is 14.7 Å². The maximum atomic E-state index is 12.5. The maximum Gasteiger partial charge on any atom is 0.335 e. The van der Waals surface area contributed by atoms with Crippen LogP contribution in [0.1, 0.15) is 47.2 Å². The summed E-state index contributed by atoms with van der Waals surface area (Å²) in [4.78, 5) is 25.3. The van der Waals surface area contributed by atoms with Crippen LogP contribution in [-0.2, 0) is 16.0 Å². The number of methoxy groups -OCH3 is 1. The van der Waals surface area contributed by atoms with E-state index in [9.17, 15) is 9.59 Å². The molecule has 1 N–H and O–H groups in total. The molecule has 0 bridgehead atoms. The lowest BCUT2D eigenvalue weighted by molar-refractivity contribution is -0.132. The summed E-state index contributed by atoms with van der Waals surface area (Å²) in [5.74, 6) is -0.866. The predicted octanol–water partition coefficient (Wildman–Crippen LogP) is 2.65. The number of carbonyl (C=O) groups is 2. The van der Waals surface area contributed by atoms with Crippen LogP contribution in [0.25, 0.3) is 0 Å². The third-order valence-corrected chi connectivity index (χ3v) is 4.85. The van der Waals surface area contributed by atoms with E-state index < -0.39 is 5.97 Å². The van der Waals surface area contributed by atoms with E-state index in [-0.39, 0.29) is 17.5 Å². The number of carboxylic acid groups (broad SMARTS) is 1. The summed E-state index contributed by atoms with van der Waals surface area (Å²) >= 11 is 0. The molecule has 1 fully saturated rings. The van der Waals surface area contributed by atoms with Gasteiger partial charge in [-0.1, -0.05) is 6.07 Å². The third kappa shape index (κ3) is 4.32. The Bertz CT molecular complexity index is 576. The molecule has 1 saturated carbocycles. The minimum atomic E-state index is -0.946. The van der Waals surface area contributed by atoms with Crippen LogP contribution in [0.4, 0.5) is 0 Å². The van der Waals surface area contributed by atoms with Crippen LogP contribution in [0, 0.1) is 6.92 Å². The van der Waals surface area contributed by atoms with Crippen molar-refractivity contribution in [3.8, 4) is 0 Å². The molecule has 0 atom stereocenters. The van der Waals surface area contributed by atoms with Crippen LogP contribution in [0.5, 0.6) is 0 Å². The van der Waals surface area contributed by atoms with Crippen molar-refractivity contribution < 1.29 is 19.4 Å². The minimum Gasteiger partial charge on any atom is -0.478 e. The molecule has 1 aromatic rings. The number of nitrogens with zero attached hydrogens (tertiary/aromatic N) is 1. The highest BCUT2D eigenvalue weighted by Gasteiger charge is 2.26. The summed E-state index contributed by atoms with van der Waals surface area (Å²) in [5.41, 5.74) is 1.98. The van der Waals surface area contributed by atoms with E-state index >= 15 is 0 Å². The second kappa shape index (κ2) is 7.59. The lowest BCUT2D eigenvalue weighted by atomic mass is 9.91. The van der Waals surface area contributed by atoms with Crippen molar-refractivity contribution in [2.24, 2.45) is 0 Å². The fourth-order valence-electron chi connectivity index (χ4n) is 3.19. The SMILES string of the molecule is COC1CCC(N(C)C(=O)Cc2ccc(C(=O)O)cc2C)CC1.